The monoisotopic (exact) mass is 220 g/mol. The lowest BCUT2D eigenvalue weighted by atomic mass is 9.87. The normalized spacial score (nSPS) is 17.0. The number of hydrogen-bond acceptors (Lipinski definition) is 3. The lowest BCUT2D eigenvalue weighted by molar-refractivity contribution is -0.144. The summed E-state index contributed by atoms with van der Waals surface area (Å²) in [5, 5.41) is 11.3. The highest BCUT2D eigenvalue weighted by molar-refractivity contribution is 5.98. The van der Waals surface area contributed by atoms with Gasteiger partial charge in [-0.25, -0.2) is 4.39 Å². The SMILES string of the molecule is N#CC1(C(=O)Nc2ccccc2F)COC1. The van der Waals surface area contributed by atoms with Crippen molar-refractivity contribution in [2.45, 2.75) is 0 Å². The molecule has 0 radical (unpaired) electrons. The number of ether oxygens (including phenoxy) is 1. The molecule has 16 heavy (non-hydrogen) atoms. The average molecular weight is 220 g/mol. The van der Waals surface area contributed by atoms with E-state index in [2.05, 4.69) is 5.32 Å². The van der Waals surface area contributed by atoms with Crippen LogP contribution in [-0.2, 0) is 9.53 Å². The largest absolute Gasteiger partial charge is 0.377 e. The summed E-state index contributed by atoms with van der Waals surface area (Å²) in [6.45, 7) is 0.119. The molecule has 4 nitrogen and oxygen atoms in total. The highest BCUT2D eigenvalue weighted by Crippen LogP contribution is 2.28. The number of carbonyl (C=O) groups is 1. The molecular formula is C11H9FN2O2. The van der Waals surface area contributed by atoms with Crippen LogP contribution in [0.4, 0.5) is 10.1 Å². The first kappa shape index (κ1) is 10.6. The molecule has 1 fully saturated rings. The Bertz CT molecular complexity index is 463. The first-order valence-electron chi connectivity index (χ1n) is 4.73. The first-order chi connectivity index (χ1) is 7.68. The average Bonchev–Trinajstić information content (AvgIpc) is 2.21. The number of benzene rings is 1. The second kappa shape index (κ2) is 3.91. The van der Waals surface area contributed by atoms with E-state index < -0.39 is 17.1 Å². The third-order valence-electron chi connectivity index (χ3n) is 2.47. The van der Waals surface area contributed by atoms with Gasteiger partial charge in [0.2, 0.25) is 5.91 Å². The van der Waals surface area contributed by atoms with Crippen molar-refractivity contribution in [2.24, 2.45) is 5.41 Å². The summed E-state index contributed by atoms with van der Waals surface area (Å²) in [5.74, 6) is -1.05. The van der Waals surface area contributed by atoms with E-state index in [1.54, 1.807) is 6.07 Å². The van der Waals surface area contributed by atoms with Crippen LogP contribution in [-0.4, -0.2) is 19.1 Å². The molecule has 82 valence electrons. The second-order valence-corrected chi connectivity index (χ2v) is 3.62. The van der Waals surface area contributed by atoms with Crippen LogP contribution in [0, 0.1) is 22.6 Å². The van der Waals surface area contributed by atoms with Gasteiger partial charge in [0.05, 0.1) is 25.0 Å². The zero-order valence-corrected chi connectivity index (χ0v) is 8.37. The van der Waals surface area contributed by atoms with E-state index >= 15 is 0 Å². The van der Waals surface area contributed by atoms with Crippen LogP contribution in [0.25, 0.3) is 0 Å². The first-order valence-corrected chi connectivity index (χ1v) is 4.73. The van der Waals surface area contributed by atoms with Crippen molar-refractivity contribution >= 4 is 11.6 Å². The van der Waals surface area contributed by atoms with E-state index in [1.165, 1.54) is 18.2 Å². The standard InChI is InChI=1S/C11H9FN2O2/c12-8-3-1-2-4-9(8)14-10(15)11(5-13)6-16-7-11/h1-4H,6-7H2,(H,14,15). The summed E-state index contributed by atoms with van der Waals surface area (Å²) in [4.78, 5) is 11.7. The highest BCUT2D eigenvalue weighted by Gasteiger charge is 2.46. The van der Waals surface area contributed by atoms with Crippen LogP contribution < -0.4 is 5.32 Å². The summed E-state index contributed by atoms with van der Waals surface area (Å²) in [7, 11) is 0. The minimum absolute atomic E-state index is 0.0593. The smallest absolute Gasteiger partial charge is 0.249 e. The van der Waals surface area contributed by atoms with Crippen molar-refractivity contribution in [1.29, 1.82) is 5.26 Å². The zero-order chi connectivity index (χ0) is 11.6. The van der Waals surface area contributed by atoms with Gasteiger partial charge >= 0.3 is 0 Å². The van der Waals surface area contributed by atoms with Crippen LogP contribution in [0.2, 0.25) is 0 Å². The molecule has 1 saturated heterocycles. The molecular weight excluding hydrogens is 211 g/mol. The quantitative estimate of drug-likeness (QED) is 0.817. The predicted molar refractivity (Wildman–Crippen MR) is 53.9 cm³/mol. The molecule has 1 aromatic carbocycles. The number of rotatable bonds is 2. The summed E-state index contributed by atoms with van der Waals surface area (Å²) in [6, 6.07) is 7.71. The Morgan fingerprint density at radius 3 is 2.69 bits per heavy atom. The number of carbonyl (C=O) groups excluding carboxylic acids is 1. The van der Waals surface area contributed by atoms with Crippen LogP contribution in [0.5, 0.6) is 0 Å². The fourth-order valence-corrected chi connectivity index (χ4v) is 1.36. The molecule has 1 amide bonds. The van der Waals surface area contributed by atoms with Crippen LogP contribution in [0.15, 0.2) is 24.3 Å². The van der Waals surface area contributed by atoms with Gasteiger partial charge in [-0.3, -0.25) is 4.79 Å². The number of amides is 1. The molecule has 1 N–H and O–H groups in total. The van der Waals surface area contributed by atoms with E-state index in [0.717, 1.165) is 0 Å². The van der Waals surface area contributed by atoms with Gasteiger partial charge in [0, 0.05) is 0 Å². The lowest BCUT2D eigenvalue weighted by Crippen LogP contribution is -2.50. The number of hydrogen-bond donors (Lipinski definition) is 1. The highest BCUT2D eigenvalue weighted by atomic mass is 19.1. The Morgan fingerprint density at radius 1 is 1.50 bits per heavy atom. The zero-order valence-electron chi connectivity index (χ0n) is 8.37. The minimum atomic E-state index is -1.16. The molecule has 0 aliphatic carbocycles. The number of nitriles is 1. The maximum Gasteiger partial charge on any atom is 0.249 e. The molecule has 1 aliphatic heterocycles. The Balaban J connectivity index is 2.14. The number of para-hydroxylation sites is 1. The molecule has 0 bridgehead atoms. The van der Waals surface area contributed by atoms with Crippen molar-refractivity contribution < 1.29 is 13.9 Å². The molecule has 0 atom stereocenters. The maximum atomic E-state index is 13.2. The van der Waals surface area contributed by atoms with Gasteiger partial charge in [0.1, 0.15) is 5.82 Å². The third-order valence-corrected chi connectivity index (χ3v) is 2.47. The number of nitrogens with one attached hydrogen (secondary N) is 1. The molecule has 1 aliphatic rings. The van der Waals surface area contributed by atoms with E-state index in [9.17, 15) is 9.18 Å². The molecule has 0 unspecified atom stereocenters. The summed E-state index contributed by atoms with van der Waals surface area (Å²) in [6.07, 6.45) is 0. The molecule has 1 heterocycles. The molecule has 0 spiro atoms. The van der Waals surface area contributed by atoms with Crippen LogP contribution in [0.3, 0.4) is 0 Å². The Kier molecular flexibility index (Phi) is 2.59. The van der Waals surface area contributed by atoms with Crippen molar-refractivity contribution in [2.75, 3.05) is 18.5 Å². The van der Waals surface area contributed by atoms with Gasteiger partial charge in [-0.1, -0.05) is 12.1 Å². The number of anilines is 1. The van der Waals surface area contributed by atoms with E-state index in [0.29, 0.717) is 0 Å². The summed E-state index contributed by atoms with van der Waals surface area (Å²) >= 11 is 0. The summed E-state index contributed by atoms with van der Waals surface area (Å²) < 4.78 is 18.1. The van der Waals surface area contributed by atoms with Gasteiger partial charge in [-0.05, 0) is 12.1 Å². The van der Waals surface area contributed by atoms with E-state index in [-0.39, 0.29) is 18.9 Å². The summed E-state index contributed by atoms with van der Waals surface area (Å²) in [5.41, 5.74) is -1.09. The van der Waals surface area contributed by atoms with Gasteiger partial charge in [-0.15, -0.1) is 0 Å². The van der Waals surface area contributed by atoms with Gasteiger partial charge in [0.25, 0.3) is 0 Å². The van der Waals surface area contributed by atoms with Gasteiger partial charge in [0.15, 0.2) is 5.41 Å². The third kappa shape index (κ3) is 1.64. The van der Waals surface area contributed by atoms with Crippen molar-refractivity contribution in [3.63, 3.8) is 0 Å². The fourth-order valence-electron chi connectivity index (χ4n) is 1.36. The lowest BCUT2D eigenvalue weighted by Gasteiger charge is -2.33. The molecule has 5 heteroatoms. The Morgan fingerprint density at radius 2 is 2.19 bits per heavy atom. The molecule has 0 saturated carbocycles. The van der Waals surface area contributed by atoms with Crippen molar-refractivity contribution in [3.05, 3.63) is 30.1 Å². The van der Waals surface area contributed by atoms with E-state index in [1.807, 2.05) is 6.07 Å². The van der Waals surface area contributed by atoms with Gasteiger partial charge in [-0.2, -0.15) is 5.26 Å². The molecule has 2 rings (SSSR count). The maximum absolute atomic E-state index is 13.2. The van der Waals surface area contributed by atoms with Crippen molar-refractivity contribution in [1.82, 2.24) is 0 Å². The molecule has 1 aromatic rings. The van der Waals surface area contributed by atoms with Crippen molar-refractivity contribution in [3.8, 4) is 6.07 Å². The fraction of sp³-hybridized carbons (Fsp3) is 0.273. The predicted octanol–water partition coefficient (Wildman–Crippen LogP) is 1.30. The number of nitrogens with zero attached hydrogens (tertiary/aromatic N) is 1. The second-order valence-electron chi connectivity index (χ2n) is 3.62. The molecule has 0 aromatic heterocycles. The van der Waals surface area contributed by atoms with Gasteiger partial charge < -0.3 is 10.1 Å². The van der Waals surface area contributed by atoms with Crippen LogP contribution >= 0.6 is 0 Å². The Labute approximate surface area is 91.6 Å². The van der Waals surface area contributed by atoms with E-state index in [4.69, 9.17) is 10.00 Å². The Hall–Kier alpha value is -1.93. The number of halogens is 1. The van der Waals surface area contributed by atoms with Crippen LogP contribution in [0.1, 0.15) is 0 Å². The topological polar surface area (TPSA) is 62.1 Å². The minimum Gasteiger partial charge on any atom is -0.377 e.